The quantitative estimate of drug-likeness (QED) is 0.0350. The van der Waals surface area contributed by atoms with E-state index in [9.17, 15) is 14.4 Å². The highest BCUT2D eigenvalue weighted by Gasteiger charge is 2.19. The van der Waals surface area contributed by atoms with Crippen LogP contribution in [0.5, 0.6) is 0 Å². The highest BCUT2D eigenvalue weighted by molar-refractivity contribution is 5.71. The zero-order chi connectivity index (χ0) is 39.9. The minimum absolute atomic E-state index is 0.0662. The van der Waals surface area contributed by atoms with Crippen molar-refractivity contribution in [1.29, 1.82) is 0 Å². The zero-order valence-corrected chi connectivity index (χ0v) is 37.0. The average Bonchev–Trinajstić information content (AvgIpc) is 3.12. The fourth-order valence-electron chi connectivity index (χ4n) is 7.06. The van der Waals surface area contributed by atoms with Crippen LogP contribution in [0.15, 0.2) is 0 Å². The maximum Gasteiger partial charge on any atom is 0.306 e. The zero-order valence-electron chi connectivity index (χ0n) is 37.0. The lowest BCUT2D eigenvalue weighted by Crippen LogP contribution is -2.30. The number of esters is 3. The Bertz CT molecular complexity index is 837. The number of carbonyl (C=O) groups is 3. The Morgan fingerprint density at radius 2 is 0.537 bits per heavy atom. The first-order valence-corrected chi connectivity index (χ1v) is 23.6. The van der Waals surface area contributed by atoms with Gasteiger partial charge in [0.1, 0.15) is 13.2 Å². The van der Waals surface area contributed by atoms with Crippen molar-refractivity contribution in [2.75, 3.05) is 13.2 Å². The number of hydrogen-bond donors (Lipinski definition) is 0. The van der Waals surface area contributed by atoms with Crippen molar-refractivity contribution in [3.63, 3.8) is 0 Å². The first-order valence-electron chi connectivity index (χ1n) is 23.6. The molecule has 0 aliphatic rings. The standard InChI is InChI=1S/C48H92O6/c1-42(2)34-28-22-16-10-7-8-12-19-25-31-37-46(49)52-40-45(54-48(51)39-33-27-21-15-14-18-24-30-36-44(5)6)41-53-47(50)38-32-26-20-13-9-11-17-23-29-35-43(3)4/h42-45H,7-41H2,1-6H3/t45-/m0/s1. The van der Waals surface area contributed by atoms with Crippen molar-refractivity contribution >= 4 is 17.9 Å². The predicted octanol–water partition coefficient (Wildman–Crippen LogP) is 14.8. The van der Waals surface area contributed by atoms with Gasteiger partial charge >= 0.3 is 17.9 Å². The van der Waals surface area contributed by atoms with Gasteiger partial charge in [-0.15, -0.1) is 0 Å². The number of hydrogen-bond acceptors (Lipinski definition) is 6. The lowest BCUT2D eigenvalue weighted by Gasteiger charge is -2.18. The Labute approximate surface area is 336 Å². The molecule has 6 heteroatoms. The molecule has 0 saturated heterocycles. The fraction of sp³-hybridized carbons (Fsp3) is 0.938. The number of rotatable bonds is 41. The number of unbranched alkanes of at least 4 members (excludes halogenated alkanes) is 24. The molecule has 0 bridgehead atoms. The summed E-state index contributed by atoms with van der Waals surface area (Å²) in [6.45, 7) is 13.6. The summed E-state index contributed by atoms with van der Waals surface area (Å²) in [7, 11) is 0. The van der Waals surface area contributed by atoms with Crippen LogP contribution in [-0.2, 0) is 28.6 Å². The van der Waals surface area contributed by atoms with E-state index in [1.54, 1.807) is 0 Å². The van der Waals surface area contributed by atoms with Gasteiger partial charge in [-0.05, 0) is 37.0 Å². The van der Waals surface area contributed by atoms with E-state index in [1.165, 1.54) is 135 Å². The topological polar surface area (TPSA) is 78.9 Å². The van der Waals surface area contributed by atoms with Gasteiger partial charge in [0, 0.05) is 19.3 Å². The summed E-state index contributed by atoms with van der Waals surface area (Å²) in [5, 5.41) is 0. The molecule has 0 radical (unpaired) electrons. The Kier molecular flexibility index (Phi) is 38.5. The molecule has 0 aliphatic heterocycles. The molecule has 54 heavy (non-hydrogen) atoms. The third-order valence-electron chi connectivity index (χ3n) is 10.6. The van der Waals surface area contributed by atoms with Crippen molar-refractivity contribution < 1.29 is 28.6 Å². The van der Waals surface area contributed by atoms with E-state index < -0.39 is 6.10 Å². The van der Waals surface area contributed by atoms with Gasteiger partial charge in [0.05, 0.1) is 0 Å². The molecule has 6 nitrogen and oxygen atoms in total. The minimum Gasteiger partial charge on any atom is -0.462 e. The molecule has 0 aromatic rings. The maximum absolute atomic E-state index is 12.7. The third kappa shape index (κ3) is 41.6. The molecule has 0 aromatic heterocycles. The molecule has 0 aromatic carbocycles. The van der Waals surface area contributed by atoms with Crippen LogP contribution in [0.25, 0.3) is 0 Å². The van der Waals surface area contributed by atoms with Crippen molar-refractivity contribution in [2.24, 2.45) is 17.8 Å². The van der Waals surface area contributed by atoms with E-state index in [2.05, 4.69) is 41.5 Å². The summed E-state index contributed by atoms with van der Waals surface area (Å²) in [4.78, 5) is 37.8. The predicted molar refractivity (Wildman–Crippen MR) is 229 cm³/mol. The molecule has 320 valence electrons. The van der Waals surface area contributed by atoms with Crippen LogP contribution in [-0.4, -0.2) is 37.2 Å². The van der Waals surface area contributed by atoms with Gasteiger partial charge in [0.15, 0.2) is 6.10 Å². The minimum atomic E-state index is -0.762. The summed E-state index contributed by atoms with van der Waals surface area (Å²) in [5.41, 5.74) is 0. The van der Waals surface area contributed by atoms with Crippen LogP contribution in [0.3, 0.4) is 0 Å². The summed E-state index contributed by atoms with van der Waals surface area (Å²) >= 11 is 0. The Morgan fingerprint density at radius 3 is 0.796 bits per heavy atom. The molecule has 0 aliphatic carbocycles. The van der Waals surface area contributed by atoms with Gasteiger partial charge in [-0.2, -0.15) is 0 Å². The normalized spacial score (nSPS) is 12.2. The molecule has 0 heterocycles. The third-order valence-corrected chi connectivity index (χ3v) is 10.6. The largest absolute Gasteiger partial charge is 0.462 e. The van der Waals surface area contributed by atoms with Gasteiger partial charge < -0.3 is 14.2 Å². The Balaban J connectivity index is 4.34. The lowest BCUT2D eigenvalue weighted by atomic mass is 10.0. The fourth-order valence-corrected chi connectivity index (χ4v) is 7.06. The van der Waals surface area contributed by atoms with E-state index in [0.29, 0.717) is 19.3 Å². The molecule has 0 rings (SSSR count). The van der Waals surface area contributed by atoms with E-state index in [0.717, 1.165) is 75.5 Å². The van der Waals surface area contributed by atoms with Crippen molar-refractivity contribution in [1.82, 2.24) is 0 Å². The van der Waals surface area contributed by atoms with Crippen LogP contribution in [0.1, 0.15) is 253 Å². The van der Waals surface area contributed by atoms with Crippen LogP contribution in [0, 0.1) is 17.8 Å². The smallest absolute Gasteiger partial charge is 0.306 e. The molecule has 0 fully saturated rings. The molecule has 0 unspecified atom stereocenters. The number of ether oxygens (including phenoxy) is 3. The van der Waals surface area contributed by atoms with E-state index in [4.69, 9.17) is 14.2 Å². The summed E-state index contributed by atoms with van der Waals surface area (Å²) in [6.07, 6.45) is 36.7. The Morgan fingerprint density at radius 1 is 0.315 bits per heavy atom. The lowest BCUT2D eigenvalue weighted by molar-refractivity contribution is -0.167. The van der Waals surface area contributed by atoms with Gasteiger partial charge in [-0.25, -0.2) is 0 Å². The van der Waals surface area contributed by atoms with Gasteiger partial charge in [0.25, 0.3) is 0 Å². The number of carbonyl (C=O) groups excluding carboxylic acids is 3. The van der Waals surface area contributed by atoms with E-state index in [-0.39, 0.29) is 31.1 Å². The first kappa shape index (κ1) is 52.4. The van der Waals surface area contributed by atoms with Crippen molar-refractivity contribution in [3.8, 4) is 0 Å². The van der Waals surface area contributed by atoms with Crippen LogP contribution in [0.2, 0.25) is 0 Å². The van der Waals surface area contributed by atoms with Gasteiger partial charge in [-0.1, -0.05) is 215 Å². The highest BCUT2D eigenvalue weighted by Crippen LogP contribution is 2.17. The Hall–Kier alpha value is -1.59. The molecule has 0 amide bonds. The van der Waals surface area contributed by atoms with Crippen molar-refractivity contribution in [2.45, 2.75) is 260 Å². The maximum atomic E-state index is 12.7. The highest BCUT2D eigenvalue weighted by atomic mass is 16.6. The molecular formula is C48H92O6. The van der Waals surface area contributed by atoms with Crippen LogP contribution < -0.4 is 0 Å². The SMILES string of the molecule is CC(C)CCCCCCCCCCCCC(=O)OC[C@@H](COC(=O)CCCCCCCCCCCC(C)C)OC(=O)CCCCCCCCCCC(C)C. The summed E-state index contributed by atoms with van der Waals surface area (Å²) in [6, 6.07) is 0. The second-order valence-corrected chi connectivity index (χ2v) is 17.8. The van der Waals surface area contributed by atoms with Crippen molar-refractivity contribution in [3.05, 3.63) is 0 Å². The molecule has 1 atom stereocenters. The second kappa shape index (κ2) is 39.6. The molecule has 0 N–H and O–H groups in total. The van der Waals surface area contributed by atoms with Gasteiger partial charge in [0.2, 0.25) is 0 Å². The van der Waals surface area contributed by atoms with E-state index >= 15 is 0 Å². The summed E-state index contributed by atoms with van der Waals surface area (Å²) in [5.74, 6) is 1.56. The van der Waals surface area contributed by atoms with Gasteiger partial charge in [-0.3, -0.25) is 14.4 Å². The molecule has 0 saturated carbocycles. The molecular weight excluding hydrogens is 673 g/mol. The average molecular weight is 765 g/mol. The van der Waals surface area contributed by atoms with E-state index in [1.807, 2.05) is 0 Å². The second-order valence-electron chi connectivity index (χ2n) is 17.8. The first-order chi connectivity index (χ1) is 26.1. The summed E-state index contributed by atoms with van der Waals surface area (Å²) < 4.78 is 16.7. The van der Waals surface area contributed by atoms with Crippen LogP contribution in [0.4, 0.5) is 0 Å². The monoisotopic (exact) mass is 765 g/mol. The molecule has 0 spiro atoms. The van der Waals surface area contributed by atoms with Crippen LogP contribution >= 0.6 is 0 Å².